The lowest BCUT2D eigenvalue weighted by atomic mass is 10.3. The maximum absolute atomic E-state index is 13.0. The quantitative estimate of drug-likeness (QED) is 0.345. The van der Waals surface area contributed by atoms with Gasteiger partial charge in [-0.1, -0.05) is 0 Å². The molecule has 1 rings (SSSR count). The zero-order valence-electron chi connectivity index (χ0n) is 6.61. The van der Waals surface area contributed by atoms with Gasteiger partial charge in [-0.15, -0.1) is 0 Å². The summed E-state index contributed by atoms with van der Waals surface area (Å²) < 4.78 is 30.4. The average Bonchev–Trinajstić information content (AvgIpc) is 2.06. The van der Waals surface area contributed by atoms with Crippen molar-refractivity contribution in [3.05, 3.63) is 27.3 Å². The van der Waals surface area contributed by atoms with Crippen LogP contribution in [0.1, 0.15) is 6.92 Å². The molecule has 0 bridgehead atoms. The Morgan fingerprint density at radius 2 is 2.00 bits per heavy atom. The topological polar surface area (TPSA) is 26.3 Å². The molecule has 0 radical (unpaired) electrons. The molecule has 13 heavy (non-hydrogen) atoms. The molecule has 70 valence electrons. The maximum atomic E-state index is 13.0. The zero-order chi connectivity index (χ0) is 10.0. The molecule has 0 fully saturated rings. The van der Waals surface area contributed by atoms with E-state index in [1.807, 2.05) is 0 Å². The Bertz CT molecular complexity index is 352. The largest absolute Gasteiger partial charge is 0.423 e. The molecule has 0 saturated carbocycles. The van der Waals surface area contributed by atoms with Crippen molar-refractivity contribution in [3.63, 3.8) is 0 Å². The molecule has 0 aromatic heterocycles. The van der Waals surface area contributed by atoms with Crippen molar-refractivity contribution in [1.29, 1.82) is 0 Å². The average molecular weight is 298 g/mol. The normalized spacial score (nSPS) is 9.85. The summed E-state index contributed by atoms with van der Waals surface area (Å²) in [5, 5.41) is 0. The molecule has 0 aliphatic carbocycles. The van der Waals surface area contributed by atoms with Crippen LogP contribution in [0.2, 0.25) is 0 Å². The number of halogens is 3. The van der Waals surface area contributed by atoms with Gasteiger partial charge in [-0.25, -0.2) is 4.39 Å². The van der Waals surface area contributed by atoms with Crippen LogP contribution in [0.3, 0.4) is 0 Å². The molecule has 1 aromatic carbocycles. The summed E-state index contributed by atoms with van der Waals surface area (Å²) >= 11 is 1.64. The van der Waals surface area contributed by atoms with E-state index < -0.39 is 17.6 Å². The fourth-order valence-corrected chi connectivity index (χ4v) is 1.16. The van der Waals surface area contributed by atoms with E-state index in [0.717, 1.165) is 6.92 Å². The monoisotopic (exact) mass is 298 g/mol. The lowest BCUT2D eigenvalue weighted by Crippen LogP contribution is -2.04. The second-order valence-electron chi connectivity index (χ2n) is 2.27. The molecular weight excluding hydrogens is 293 g/mol. The van der Waals surface area contributed by atoms with Gasteiger partial charge in [-0.2, -0.15) is 4.39 Å². The van der Waals surface area contributed by atoms with E-state index in [0.29, 0.717) is 0 Å². The minimum atomic E-state index is -1.14. The minimum Gasteiger partial charge on any atom is -0.423 e. The molecule has 0 amide bonds. The van der Waals surface area contributed by atoms with Gasteiger partial charge in [-0.05, 0) is 34.7 Å². The molecule has 0 saturated heterocycles. The van der Waals surface area contributed by atoms with Crippen LogP contribution in [0.25, 0.3) is 0 Å². The van der Waals surface area contributed by atoms with Gasteiger partial charge in [0, 0.05) is 6.92 Å². The summed E-state index contributed by atoms with van der Waals surface area (Å²) in [6, 6.07) is 2.54. The smallest absolute Gasteiger partial charge is 0.308 e. The van der Waals surface area contributed by atoms with Crippen LogP contribution < -0.4 is 4.74 Å². The van der Waals surface area contributed by atoms with Crippen molar-refractivity contribution in [3.8, 4) is 5.75 Å². The highest BCUT2D eigenvalue weighted by Crippen LogP contribution is 2.23. The van der Waals surface area contributed by atoms with Crippen LogP contribution >= 0.6 is 22.6 Å². The van der Waals surface area contributed by atoms with Gasteiger partial charge in [0.2, 0.25) is 5.82 Å². The van der Waals surface area contributed by atoms with Crippen molar-refractivity contribution in [1.82, 2.24) is 0 Å². The van der Waals surface area contributed by atoms with Crippen LogP contribution in [-0.4, -0.2) is 5.97 Å². The first-order valence-corrected chi connectivity index (χ1v) is 4.42. The number of ether oxygens (including phenoxy) is 1. The molecule has 1 aromatic rings. The molecule has 0 aliphatic heterocycles. The highest BCUT2D eigenvalue weighted by molar-refractivity contribution is 14.1. The molecule has 0 unspecified atom stereocenters. The number of hydrogen-bond donors (Lipinski definition) is 0. The highest BCUT2D eigenvalue weighted by atomic mass is 127. The third kappa shape index (κ3) is 2.36. The van der Waals surface area contributed by atoms with Crippen LogP contribution in [0.15, 0.2) is 12.1 Å². The van der Waals surface area contributed by atoms with E-state index in [2.05, 4.69) is 4.74 Å². The first-order chi connectivity index (χ1) is 6.02. The third-order valence-corrected chi connectivity index (χ3v) is 2.09. The van der Waals surface area contributed by atoms with Gasteiger partial charge in [0.25, 0.3) is 0 Å². The van der Waals surface area contributed by atoms with E-state index in [4.69, 9.17) is 0 Å². The third-order valence-electron chi connectivity index (χ3n) is 1.25. The van der Waals surface area contributed by atoms with Crippen molar-refractivity contribution >= 4 is 28.6 Å². The van der Waals surface area contributed by atoms with Crippen LogP contribution in [0, 0.1) is 15.2 Å². The Hall–Kier alpha value is -0.720. The number of carbonyl (C=O) groups excluding carboxylic acids is 1. The molecular formula is C8H5F2IO2. The molecule has 0 heterocycles. The predicted octanol–water partition coefficient (Wildman–Crippen LogP) is 2.49. The number of hydrogen-bond acceptors (Lipinski definition) is 2. The number of carbonyl (C=O) groups is 1. The van der Waals surface area contributed by atoms with E-state index in [1.54, 1.807) is 22.6 Å². The van der Waals surface area contributed by atoms with Crippen molar-refractivity contribution < 1.29 is 18.3 Å². The molecule has 0 N–H and O–H groups in total. The van der Waals surface area contributed by atoms with Crippen molar-refractivity contribution in [2.75, 3.05) is 0 Å². The molecule has 0 spiro atoms. The van der Waals surface area contributed by atoms with E-state index in [9.17, 15) is 13.6 Å². The van der Waals surface area contributed by atoms with Crippen LogP contribution in [0.4, 0.5) is 8.78 Å². The second-order valence-corrected chi connectivity index (χ2v) is 3.43. The summed E-state index contributed by atoms with van der Waals surface area (Å²) in [6.45, 7) is 1.12. The summed E-state index contributed by atoms with van der Waals surface area (Å²) in [7, 11) is 0. The SMILES string of the molecule is CC(=O)Oc1ccc(I)c(F)c1F. The van der Waals surface area contributed by atoms with Crippen LogP contribution in [0.5, 0.6) is 5.75 Å². The molecule has 0 atom stereocenters. The fourth-order valence-electron chi connectivity index (χ4n) is 0.742. The van der Waals surface area contributed by atoms with Crippen molar-refractivity contribution in [2.45, 2.75) is 6.92 Å². The summed E-state index contributed by atoms with van der Waals surface area (Å²) in [5.74, 6) is -3.20. The van der Waals surface area contributed by atoms with Crippen molar-refractivity contribution in [2.24, 2.45) is 0 Å². The Morgan fingerprint density at radius 1 is 1.38 bits per heavy atom. The first kappa shape index (κ1) is 10.4. The van der Waals surface area contributed by atoms with Gasteiger partial charge >= 0.3 is 5.97 Å². The Labute approximate surface area is 87.0 Å². The molecule has 5 heteroatoms. The number of esters is 1. The lowest BCUT2D eigenvalue weighted by Gasteiger charge is -2.03. The summed E-state index contributed by atoms with van der Waals surface area (Å²) in [4.78, 5) is 10.4. The molecule has 2 nitrogen and oxygen atoms in total. The summed E-state index contributed by atoms with van der Waals surface area (Å²) in [5.41, 5.74) is 0. The standard InChI is InChI=1S/C8H5F2IO2/c1-4(12)13-6-3-2-5(11)7(9)8(6)10/h2-3H,1H3. The summed E-state index contributed by atoms with van der Waals surface area (Å²) in [6.07, 6.45) is 0. The Kier molecular flexibility index (Phi) is 3.18. The van der Waals surface area contributed by atoms with Gasteiger partial charge in [-0.3, -0.25) is 4.79 Å². The fraction of sp³-hybridized carbons (Fsp3) is 0.125. The van der Waals surface area contributed by atoms with Gasteiger partial charge in [0.1, 0.15) is 0 Å². The minimum absolute atomic E-state index is 0.144. The Morgan fingerprint density at radius 3 is 2.54 bits per heavy atom. The zero-order valence-corrected chi connectivity index (χ0v) is 8.76. The Balaban J connectivity index is 3.10. The predicted molar refractivity (Wildman–Crippen MR) is 50.4 cm³/mol. The molecule has 0 aliphatic rings. The first-order valence-electron chi connectivity index (χ1n) is 3.34. The van der Waals surface area contributed by atoms with Crippen LogP contribution in [-0.2, 0) is 4.79 Å². The van der Waals surface area contributed by atoms with E-state index in [1.165, 1.54) is 12.1 Å². The van der Waals surface area contributed by atoms with Gasteiger partial charge in [0.05, 0.1) is 3.57 Å². The van der Waals surface area contributed by atoms with Gasteiger partial charge < -0.3 is 4.74 Å². The maximum Gasteiger partial charge on any atom is 0.308 e. The van der Waals surface area contributed by atoms with Gasteiger partial charge in [0.15, 0.2) is 11.6 Å². The number of benzene rings is 1. The lowest BCUT2D eigenvalue weighted by molar-refractivity contribution is -0.132. The highest BCUT2D eigenvalue weighted by Gasteiger charge is 2.13. The number of rotatable bonds is 1. The van der Waals surface area contributed by atoms with E-state index in [-0.39, 0.29) is 9.32 Å². The second kappa shape index (κ2) is 3.99. The van der Waals surface area contributed by atoms with E-state index >= 15 is 0 Å².